The van der Waals surface area contributed by atoms with Crippen LogP contribution >= 0.6 is 0 Å². The molecule has 14 N–H and O–H groups in total. The lowest BCUT2D eigenvalue weighted by atomic mass is 9.93. The first-order valence-corrected chi connectivity index (χ1v) is 28.5. The lowest BCUT2D eigenvalue weighted by molar-refractivity contribution is -0.150. The van der Waals surface area contributed by atoms with E-state index in [9.17, 15) is 72.9 Å². The smallest absolute Gasteiger partial charge is 0.326 e. The highest BCUT2D eigenvalue weighted by atomic mass is 16.4. The first kappa shape index (κ1) is 69.7. The number of likely N-dealkylation sites (tertiary alicyclic amines) is 1. The van der Waals surface area contributed by atoms with Crippen LogP contribution in [0.1, 0.15) is 159 Å². The lowest BCUT2D eigenvalue weighted by Gasteiger charge is -2.32. The largest absolute Gasteiger partial charge is 0.481 e. The molecule has 0 bridgehead atoms. The highest BCUT2D eigenvalue weighted by molar-refractivity contribution is 5.99. The summed E-state index contributed by atoms with van der Waals surface area (Å²) in [4.78, 5) is 162. The van der Waals surface area contributed by atoms with Gasteiger partial charge in [0, 0.05) is 19.4 Å². The Hall–Kier alpha value is -6.44. The van der Waals surface area contributed by atoms with Crippen LogP contribution in [-0.2, 0) is 57.5 Å². The van der Waals surface area contributed by atoms with Gasteiger partial charge in [-0.15, -0.1) is 0 Å². The number of amides is 9. The molecule has 454 valence electrons. The Morgan fingerprint density at radius 2 is 0.900 bits per heavy atom. The van der Waals surface area contributed by atoms with Gasteiger partial charge in [0.15, 0.2) is 0 Å². The Kier molecular flexibility index (Phi) is 30.2. The number of unbranched alkanes of at least 4 members (excludes halogenated alkanes) is 1. The molecule has 26 heteroatoms. The number of rotatable bonds is 36. The van der Waals surface area contributed by atoms with Crippen molar-refractivity contribution >= 4 is 71.1 Å². The zero-order chi connectivity index (χ0) is 60.6. The quantitative estimate of drug-likeness (QED) is 0.0367. The number of aliphatic carboxylic acids is 3. The van der Waals surface area contributed by atoms with Gasteiger partial charge < -0.3 is 73.8 Å². The van der Waals surface area contributed by atoms with Crippen LogP contribution in [0.4, 0.5) is 0 Å². The zero-order valence-corrected chi connectivity index (χ0v) is 48.4. The van der Waals surface area contributed by atoms with Crippen LogP contribution in [0.3, 0.4) is 0 Å². The van der Waals surface area contributed by atoms with E-state index < -0.39 is 181 Å². The van der Waals surface area contributed by atoms with Crippen molar-refractivity contribution in [1.82, 2.24) is 52.8 Å². The van der Waals surface area contributed by atoms with E-state index in [4.69, 9.17) is 5.73 Å². The first-order valence-electron chi connectivity index (χ1n) is 28.5. The maximum atomic E-state index is 14.4. The van der Waals surface area contributed by atoms with Gasteiger partial charge in [0.2, 0.25) is 53.2 Å². The molecule has 2 fully saturated rings. The molecule has 13 atom stereocenters. The summed E-state index contributed by atoms with van der Waals surface area (Å²) in [6.07, 6.45) is 2.38. The maximum absolute atomic E-state index is 14.4. The highest BCUT2D eigenvalue weighted by Gasteiger charge is 2.41. The van der Waals surface area contributed by atoms with E-state index in [0.717, 1.165) is 11.3 Å². The van der Waals surface area contributed by atoms with Crippen LogP contribution in [0.2, 0.25) is 0 Å². The summed E-state index contributed by atoms with van der Waals surface area (Å²) in [6.45, 7) is 18.0. The average Bonchev–Trinajstić information content (AvgIpc) is 4.14. The van der Waals surface area contributed by atoms with Crippen molar-refractivity contribution in [2.75, 3.05) is 19.6 Å². The van der Waals surface area contributed by atoms with E-state index in [2.05, 4.69) is 47.9 Å². The predicted molar refractivity (Wildman–Crippen MR) is 294 cm³/mol. The molecule has 9 amide bonds. The summed E-state index contributed by atoms with van der Waals surface area (Å²) in [6, 6.07) is -12.2. The number of nitrogens with one attached hydrogen (secondary N) is 9. The van der Waals surface area contributed by atoms with E-state index >= 15 is 0 Å². The number of carboxylic acids is 3. The van der Waals surface area contributed by atoms with Gasteiger partial charge in [0.25, 0.3) is 0 Å². The summed E-state index contributed by atoms with van der Waals surface area (Å²) < 4.78 is 0. The molecule has 0 saturated carbocycles. The SMILES string of the molecule is CC[C@H](C)[C@H](NC(=O)[C@H](CCCCN)NC(=O)[C@@H]1CCCN1)C(=O)N[C@H](C(=O)N[C@H](C(=O)N[C@H](C(=O)N[C@@H](CCC(=O)O)C(=O)N[C@H](C(=O)N[C@@H](CCC(=O)O)C(=O)N1CCC[C@H]1C(=O)O)C(C)C)[C@@H](C)CC)[C@@H](C)CC)C(C)C. The van der Waals surface area contributed by atoms with Crippen LogP contribution in [-0.4, -0.2) is 171 Å². The lowest BCUT2D eigenvalue weighted by Crippen LogP contribution is -2.63. The summed E-state index contributed by atoms with van der Waals surface area (Å²) in [7, 11) is 0. The van der Waals surface area contributed by atoms with Crippen molar-refractivity contribution in [2.24, 2.45) is 35.3 Å². The Bertz CT molecular complexity index is 2140. The van der Waals surface area contributed by atoms with Crippen LogP contribution in [0.5, 0.6) is 0 Å². The Morgan fingerprint density at radius 3 is 1.32 bits per heavy atom. The standard InChI is InChI=1S/C54H93N11O15/c1-11-30(8)42(50(75)58-35(21-23-38(66)67)47(72)60-40(28(4)5)48(73)59-36(22-24-39(68)69)53(78)65-27-17-20-37(65)54(79)80)64-52(77)44(32(10)13-3)63-49(74)41(29(6)7)61-51(76)43(31(9)12-2)62-46(71)34(18-14-15-25-55)57-45(70)33-19-16-26-56-33/h28-37,40-44,56H,11-27,55H2,1-10H3,(H,57,70)(H,58,75)(H,59,73)(H,60,72)(H,61,76)(H,62,71)(H,63,74)(H,64,77)(H,66,67)(H,68,69)(H,79,80)/t30-,31-,32-,33-,34-,35-,36-,37-,40-,41-,42-,43-,44-/m0/s1. The van der Waals surface area contributed by atoms with Crippen molar-refractivity contribution in [2.45, 2.75) is 220 Å². The van der Waals surface area contributed by atoms with Gasteiger partial charge in [-0.25, -0.2) is 4.79 Å². The van der Waals surface area contributed by atoms with Crippen molar-refractivity contribution in [3.63, 3.8) is 0 Å². The van der Waals surface area contributed by atoms with Gasteiger partial charge in [-0.05, 0) is 100 Å². The molecular formula is C54H93N11O15. The van der Waals surface area contributed by atoms with Gasteiger partial charge in [0.05, 0.1) is 6.04 Å². The molecule has 0 radical (unpaired) electrons. The third-order valence-corrected chi connectivity index (χ3v) is 15.2. The number of hydrogen-bond acceptors (Lipinski definition) is 14. The molecule has 26 nitrogen and oxygen atoms in total. The number of nitrogens with two attached hydrogens (primary N) is 1. The average molecular weight is 1140 g/mol. The van der Waals surface area contributed by atoms with E-state index in [1.807, 2.05) is 6.92 Å². The summed E-state index contributed by atoms with van der Waals surface area (Å²) in [5, 5.41) is 53.3. The van der Waals surface area contributed by atoms with Gasteiger partial charge in [0.1, 0.15) is 54.4 Å². The van der Waals surface area contributed by atoms with Crippen molar-refractivity contribution in [3.8, 4) is 0 Å². The summed E-state index contributed by atoms with van der Waals surface area (Å²) in [5.41, 5.74) is 5.71. The molecular weight excluding hydrogens is 1040 g/mol. The zero-order valence-electron chi connectivity index (χ0n) is 48.4. The third-order valence-electron chi connectivity index (χ3n) is 15.2. The minimum atomic E-state index is -1.61. The van der Waals surface area contributed by atoms with Crippen LogP contribution in [0.15, 0.2) is 0 Å². The molecule has 2 aliphatic rings. The molecule has 2 rings (SSSR count). The van der Waals surface area contributed by atoms with Crippen LogP contribution < -0.4 is 53.6 Å². The Labute approximate surface area is 469 Å². The van der Waals surface area contributed by atoms with Gasteiger partial charge >= 0.3 is 17.9 Å². The molecule has 2 heterocycles. The summed E-state index contributed by atoms with van der Waals surface area (Å²) >= 11 is 0. The monoisotopic (exact) mass is 1140 g/mol. The molecule has 0 unspecified atom stereocenters. The maximum Gasteiger partial charge on any atom is 0.326 e. The topological polar surface area (TPSA) is 403 Å². The van der Waals surface area contributed by atoms with Gasteiger partial charge in [-0.1, -0.05) is 88.5 Å². The Morgan fingerprint density at radius 1 is 0.500 bits per heavy atom. The van der Waals surface area contributed by atoms with Crippen LogP contribution in [0, 0.1) is 29.6 Å². The molecule has 0 spiro atoms. The molecule has 0 aliphatic carbocycles. The second-order valence-corrected chi connectivity index (χ2v) is 22.1. The number of nitrogens with zero attached hydrogens (tertiary/aromatic N) is 1. The fourth-order valence-corrected chi connectivity index (χ4v) is 9.43. The second-order valence-electron chi connectivity index (χ2n) is 22.1. The number of carbonyl (C=O) groups excluding carboxylic acids is 9. The minimum Gasteiger partial charge on any atom is -0.481 e. The van der Waals surface area contributed by atoms with E-state index in [-0.39, 0.29) is 25.3 Å². The first-order chi connectivity index (χ1) is 37.6. The van der Waals surface area contributed by atoms with E-state index in [1.54, 1.807) is 62.3 Å². The molecule has 80 heavy (non-hydrogen) atoms. The third kappa shape index (κ3) is 21.9. The van der Waals surface area contributed by atoms with Crippen molar-refractivity contribution in [1.29, 1.82) is 0 Å². The Balaban J connectivity index is 2.39. The molecule has 2 saturated heterocycles. The molecule has 0 aromatic heterocycles. The fraction of sp³-hybridized carbons (Fsp3) is 0.778. The van der Waals surface area contributed by atoms with E-state index in [0.29, 0.717) is 58.0 Å². The van der Waals surface area contributed by atoms with Gasteiger partial charge in [-0.2, -0.15) is 0 Å². The minimum absolute atomic E-state index is 0.0530. The van der Waals surface area contributed by atoms with Crippen LogP contribution in [0.25, 0.3) is 0 Å². The molecule has 0 aromatic carbocycles. The number of hydrogen-bond donors (Lipinski definition) is 13. The van der Waals surface area contributed by atoms with Crippen molar-refractivity contribution < 1.29 is 72.9 Å². The number of carbonyl (C=O) groups is 12. The highest BCUT2D eigenvalue weighted by Crippen LogP contribution is 2.21. The molecule has 2 aliphatic heterocycles. The van der Waals surface area contributed by atoms with Gasteiger partial charge in [-0.3, -0.25) is 52.7 Å². The normalized spacial score (nSPS) is 19.3. The number of carboxylic acid groups (broad SMARTS) is 3. The predicted octanol–water partition coefficient (Wildman–Crippen LogP) is 0.00130. The second kappa shape index (κ2) is 34.6. The van der Waals surface area contributed by atoms with Crippen molar-refractivity contribution in [3.05, 3.63) is 0 Å². The van der Waals surface area contributed by atoms with E-state index in [1.165, 1.54) is 0 Å². The fourth-order valence-electron chi connectivity index (χ4n) is 9.43. The summed E-state index contributed by atoms with van der Waals surface area (Å²) in [5.74, 6) is -13.5. The molecule has 0 aromatic rings.